The van der Waals surface area contributed by atoms with E-state index in [1.54, 1.807) is 66.7 Å². The molecule has 4 aromatic rings. The normalized spacial score (nSPS) is 11.4. The molecule has 2 N–H and O–H groups in total. The van der Waals surface area contributed by atoms with Crippen molar-refractivity contribution in [1.29, 1.82) is 0 Å². The van der Waals surface area contributed by atoms with Crippen LogP contribution in [0.15, 0.2) is 113 Å². The van der Waals surface area contributed by atoms with E-state index in [1.807, 2.05) is 0 Å². The molecule has 0 heterocycles. The second-order valence-corrected chi connectivity index (χ2v) is 13.0. The van der Waals surface area contributed by atoms with Crippen LogP contribution in [0.2, 0.25) is 0 Å². The lowest BCUT2D eigenvalue weighted by molar-refractivity contribution is -0.114. The van der Waals surface area contributed by atoms with Gasteiger partial charge in [0.05, 0.1) is 22.6 Å². The molecule has 0 fully saturated rings. The molecule has 202 valence electrons. The number of anilines is 3. The molecule has 0 unspecified atom stereocenters. The highest BCUT2D eigenvalue weighted by Gasteiger charge is 2.27. The zero-order valence-corrected chi connectivity index (χ0v) is 24.4. The predicted octanol–water partition coefficient (Wildman–Crippen LogP) is 4.93. The summed E-state index contributed by atoms with van der Waals surface area (Å²) in [7, 11) is -6.40. The number of hydrogen-bond acceptors (Lipinski definition) is 6. The average Bonchev–Trinajstić information content (AvgIpc) is 2.93. The molecule has 0 saturated carbocycles. The maximum Gasteiger partial charge on any atom is 0.264 e. The first-order chi connectivity index (χ1) is 18.6. The minimum absolute atomic E-state index is 0.0107. The third kappa shape index (κ3) is 7.07. The Labute approximate surface area is 241 Å². The van der Waals surface area contributed by atoms with Gasteiger partial charge >= 0.3 is 0 Å². The van der Waals surface area contributed by atoms with E-state index in [1.165, 1.54) is 43.5 Å². The Morgan fingerprint density at radius 1 is 0.769 bits per heavy atom. The largest absolute Gasteiger partial charge is 0.497 e. The Balaban J connectivity index is 1.50. The first kappa shape index (κ1) is 28.4. The summed E-state index contributed by atoms with van der Waals surface area (Å²) < 4.78 is 61.8. The monoisotopic (exact) mass is 677 g/mol. The van der Waals surface area contributed by atoms with Crippen molar-refractivity contribution in [2.45, 2.75) is 9.79 Å². The minimum Gasteiger partial charge on any atom is -0.497 e. The number of hydrogen-bond donors (Lipinski definition) is 2. The van der Waals surface area contributed by atoms with Gasteiger partial charge in [-0.1, -0.05) is 18.2 Å². The molecule has 0 atom stereocenters. The quantitative estimate of drug-likeness (QED) is 0.230. The van der Waals surface area contributed by atoms with Crippen molar-refractivity contribution >= 4 is 65.6 Å². The number of carbonyl (C=O) groups is 1. The van der Waals surface area contributed by atoms with Crippen molar-refractivity contribution in [3.8, 4) is 5.75 Å². The number of carbonyl (C=O) groups excluding carboxylic acids is 1. The summed E-state index contributed by atoms with van der Waals surface area (Å²) >= 11 is 2.11. The van der Waals surface area contributed by atoms with E-state index in [4.69, 9.17) is 4.74 Å². The van der Waals surface area contributed by atoms with Gasteiger partial charge in [0, 0.05) is 14.9 Å². The Morgan fingerprint density at radius 3 is 1.95 bits per heavy atom. The molecular formula is C27H24IN3O6S2. The van der Waals surface area contributed by atoms with Crippen LogP contribution in [-0.2, 0) is 24.8 Å². The molecule has 0 aromatic heterocycles. The summed E-state index contributed by atoms with van der Waals surface area (Å²) in [4.78, 5) is 13.0. The van der Waals surface area contributed by atoms with Crippen molar-refractivity contribution in [3.63, 3.8) is 0 Å². The summed E-state index contributed by atoms with van der Waals surface area (Å²) in [6, 6.07) is 26.6. The number of halogens is 1. The SMILES string of the molecule is COc1ccc(NS(=O)(=O)c2ccc(NC(=O)CN(c3ccc(I)cc3)S(=O)(=O)c3ccccc3)cc2)cc1. The molecule has 4 aromatic carbocycles. The summed E-state index contributed by atoms with van der Waals surface area (Å²) in [5.74, 6) is -0.00443. The number of nitrogens with one attached hydrogen (secondary N) is 2. The van der Waals surface area contributed by atoms with Gasteiger partial charge in [0.1, 0.15) is 12.3 Å². The molecule has 1 amide bonds. The molecule has 39 heavy (non-hydrogen) atoms. The average molecular weight is 678 g/mol. The van der Waals surface area contributed by atoms with Gasteiger partial charge in [-0.05, 0) is 108 Å². The molecule has 0 aliphatic heterocycles. The molecule has 0 aliphatic rings. The highest BCUT2D eigenvalue weighted by atomic mass is 127. The second-order valence-electron chi connectivity index (χ2n) is 8.21. The molecular weight excluding hydrogens is 653 g/mol. The van der Waals surface area contributed by atoms with E-state index in [9.17, 15) is 21.6 Å². The molecule has 12 heteroatoms. The lowest BCUT2D eigenvalue weighted by Crippen LogP contribution is -2.38. The topological polar surface area (TPSA) is 122 Å². The van der Waals surface area contributed by atoms with Gasteiger partial charge in [-0.25, -0.2) is 16.8 Å². The third-order valence-electron chi connectivity index (χ3n) is 5.52. The number of rotatable bonds is 10. The van der Waals surface area contributed by atoms with Crippen LogP contribution in [0.1, 0.15) is 0 Å². The highest BCUT2D eigenvalue weighted by Crippen LogP contribution is 2.25. The molecule has 9 nitrogen and oxygen atoms in total. The van der Waals surface area contributed by atoms with E-state index in [2.05, 4.69) is 32.6 Å². The van der Waals surface area contributed by atoms with E-state index in [0.29, 0.717) is 22.8 Å². The van der Waals surface area contributed by atoms with Crippen LogP contribution in [-0.4, -0.2) is 36.4 Å². The van der Waals surface area contributed by atoms with Gasteiger partial charge in [0.15, 0.2) is 0 Å². The first-order valence-electron chi connectivity index (χ1n) is 11.5. The van der Waals surface area contributed by atoms with Gasteiger partial charge in [-0.3, -0.25) is 13.8 Å². The zero-order chi connectivity index (χ0) is 28.0. The highest BCUT2D eigenvalue weighted by molar-refractivity contribution is 14.1. The van der Waals surface area contributed by atoms with E-state index < -0.39 is 32.5 Å². The Kier molecular flexibility index (Phi) is 8.77. The number of nitrogens with zero attached hydrogens (tertiary/aromatic N) is 1. The standard InChI is InChI=1S/C27H24IN3O6S2/c1-37-24-15-9-22(10-16-24)30-38(33,34)25-17-11-21(12-18-25)29-27(32)19-31(23-13-7-20(28)8-14-23)39(35,36)26-5-3-2-4-6-26/h2-18,30H,19H2,1H3,(H,29,32). The Bertz CT molecular complexity index is 1650. The van der Waals surface area contributed by atoms with E-state index >= 15 is 0 Å². The fraction of sp³-hybridized carbons (Fsp3) is 0.0741. The number of methoxy groups -OCH3 is 1. The van der Waals surface area contributed by atoms with Crippen LogP contribution in [0, 0.1) is 3.57 Å². The van der Waals surface area contributed by atoms with E-state index in [-0.39, 0.29) is 9.79 Å². The van der Waals surface area contributed by atoms with Crippen molar-refractivity contribution in [2.24, 2.45) is 0 Å². The molecule has 0 aliphatic carbocycles. The lowest BCUT2D eigenvalue weighted by Gasteiger charge is -2.24. The van der Waals surface area contributed by atoms with Crippen LogP contribution in [0.4, 0.5) is 17.1 Å². The number of sulfonamides is 2. The summed E-state index contributed by atoms with van der Waals surface area (Å²) in [5, 5.41) is 2.64. The van der Waals surface area contributed by atoms with Crippen molar-refractivity contribution in [1.82, 2.24) is 0 Å². The Morgan fingerprint density at radius 2 is 1.36 bits per heavy atom. The van der Waals surface area contributed by atoms with Gasteiger partial charge in [0.2, 0.25) is 5.91 Å². The van der Waals surface area contributed by atoms with Crippen molar-refractivity contribution < 1.29 is 26.4 Å². The number of ether oxygens (including phenoxy) is 1. The Hall–Kier alpha value is -3.62. The molecule has 0 bridgehead atoms. The second kappa shape index (κ2) is 12.1. The predicted molar refractivity (Wildman–Crippen MR) is 159 cm³/mol. The maximum atomic E-state index is 13.4. The summed E-state index contributed by atoms with van der Waals surface area (Å²) in [5.41, 5.74) is 1.01. The number of amides is 1. The van der Waals surface area contributed by atoms with Gasteiger partial charge in [-0.2, -0.15) is 0 Å². The van der Waals surface area contributed by atoms with E-state index in [0.717, 1.165) is 7.88 Å². The fourth-order valence-electron chi connectivity index (χ4n) is 3.56. The summed E-state index contributed by atoms with van der Waals surface area (Å²) in [6.07, 6.45) is 0. The zero-order valence-electron chi connectivity index (χ0n) is 20.6. The van der Waals surface area contributed by atoms with Crippen LogP contribution < -0.4 is 19.1 Å². The minimum atomic E-state index is -4.04. The number of benzene rings is 4. The van der Waals surface area contributed by atoms with Gasteiger partial charge < -0.3 is 10.1 Å². The molecule has 4 rings (SSSR count). The molecule has 0 saturated heterocycles. The maximum absolute atomic E-state index is 13.4. The lowest BCUT2D eigenvalue weighted by atomic mass is 10.3. The smallest absolute Gasteiger partial charge is 0.264 e. The van der Waals surface area contributed by atoms with Gasteiger partial charge in [-0.15, -0.1) is 0 Å². The van der Waals surface area contributed by atoms with Gasteiger partial charge in [0.25, 0.3) is 20.0 Å². The first-order valence-corrected chi connectivity index (χ1v) is 15.5. The van der Waals surface area contributed by atoms with Crippen LogP contribution >= 0.6 is 22.6 Å². The van der Waals surface area contributed by atoms with Crippen LogP contribution in [0.5, 0.6) is 5.75 Å². The van der Waals surface area contributed by atoms with Crippen molar-refractivity contribution in [2.75, 3.05) is 28.0 Å². The van der Waals surface area contributed by atoms with Crippen LogP contribution in [0.3, 0.4) is 0 Å². The van der Waals surface area contributed by atoms with Crippen LogP contribution in [0.25, 0.3) is 0 Å². The van der Waals surface area contributed by atoms with Crippen molar-refractivity contribution in [3.05, 3.63) is 107 Å². The molecule has 0 spiro atoms. The molecule has 0 radical (unpaired) electrons. The summed E-state index contributed by atoms with van der Waals surface area (Å²) in [6.45, 7) is -0.489. The third-order valence-corrected chi connectivity index (χ3v) is 9.43. The fourth-order valence-corrected chi connectivity index (χ4v) is 6.42.